The molecule has 1 atom stereocenters. The molecule has 1 amide bonds. The van der Waals surface area contributed by atoms with E-state index in [9.17, 15) is 4.79 Å². The second-order valence-corrected chi connectivity index (χ2v) is 4.86. The van der Waals surface area contributed by atoms with Gasteiger partial charge in [0.2, 0.25) is 5.91 Å². The van der Waals surface area contributed by atoms with Crippen LogP contribution in [0.25, 0.3) is 0 Å². The summed E-state index contributed by atoms with van der Waals surface area (Å²) in [6.45, 7) is 4.79. The molecule has 0 N–H and O–H groups in total. The predicted octanol–water partition coefficient (Wildman–Crippen LogP) is 2.90. The zero-order chi connectivity index (χ0) is 11.7. The molecular weight excluding hydrogens is 222 g/mol. The maximum Gasteiger partial charge on any atom is 0.228 e. The van der Waals surface area contributed by atoms with Crippen molar-refractivity contribution in [2.24, 2.45) is 0 Å². The van der Waals surface area contributed by atoms with Crippen molar-refractivity contribution in [3.05, 3.63) is 29.3 Å². The molecule has 86 valence electrons. The normalized spacial score (nSPS) is 20.6. The van der Waals surface area contributed by atoms with Crippen molar-refractivity contribution in [2.75, 3.05) is 11.4 Å². The summed E-state index contributed by atoms with van der Waals surface area (Å²) >= 11 is 6.04. The Hall–Kier alpha value is -1.02. The second-order valence-electron chi connectivity index (χ2n) is 4.24. The molecular formula is C13H16ClNO. The number of carbonyl (C=O) groups is 1. The Balaban J connectivity index is 2.43. The Kier molecular flexibility index (Phi) is 3.20. The summed E-state index contributed by atoms with van der Waals surface area (Å²) in [5.74, 6) is 0.143. The number of rotatable bonds is 2. The van der Waals surface area contributed by atoms with Crippen LogP contribution in [0.3, 0.4) is 0 Å². The van der Waals surface area contributed by atoms with Crippen molar-refractivity contribution in [3.8, 4) is 0 Å². The third-order valence-electron chi connectivity index (χ3n) is 3.05. The molecule has 2 rings (SSSR count). The van der Waals surface area contributed by atoms with E-state index in [-0.39, 0.29) is 11.3 Å². The van der Waals surface area contributed by atoms with Crippen molar-refractivity contribution in [2.45, 2.75) is 32.1 Å². The van der Waals surface area contributed by atoms with Crippen molar-refractivity contribution >= 4 is 23.2 Å². The van der Waals surface area contributed by atoms with Gasteiger partial charge < -0.3 is 4.90 Å². The zero-order valence-electron chi connectivity index (χ0n) is 9.66. The summed E-state index contributed by atoms with van der Waals surface area (Å²) in [5, 5.41) is -0.0446. The predicted molar refractivity (Wildman–Crippen MR) is 67.2 cm³/mol. The fraction of sp³-hybridized carbons (Fsp3) is 0.462. The van der Waals surface area contributed by atoms with Gasteiger partial charge in [-0.05, 0) is 24.5 Å². The number of hydrogen-bond acceptors (Lipinski definition) is 1. The highest BCUT2D eigenvalue weighted by atomic mass is 35.5. The first-order valence-corrected chi connectivity index (χ1v) is 6.10. The van der Waals surface area contributed by atoms with Gasteiger partial charge in [0.1, 0.15) is 0 Å². The molecule has 1 aromatic rings. The minimum atomic E-state index is -0.0446. The van der Waals surface area contributed by atoms with Gasteiger partial charge in [-0.3, -0.25) is 4.79 Å². The van der Waals surface area contributed by atoms with Crippen LogP contribution < -0.4 is 4.90 Å². The van der Waals surface area contributed by atoms with Crippen LogP contribution in [0.15, 0.2) is 18.2 Å². The van der Waals surface area contributed by atoms with Crippen LogP contribution in [0.1, 0.15) is 24.5 Å². The number of anilines is 1. The molecule has 0 saturated carbocycles. The van der Waals surface area contributed by atoms with Crippen molar-refractivity contribution < 1.29 is 4.79 Å². The first kappa shape index (κ1) is 11.5. The van der Waals surface area contributed by atoms with E-state index in [2.05, 4.69) is 13.0 Å². The maximum atomic E-state index is 11.8. The van der Waals surface area contributed by atoms with Crippen molar-refractivity contribution in [1.29, 1.82) is 0 Å². The summed E-state index contributed by atoms with van der Waals surface area (Å²) in [6, 6.07) is 6.16. The molecule has 0 aromatic heterocycles. The van der Waals surface area contributed by atoms with Crippen LogP contribution in [-0.2, 0) is 11.2 Å². The molecule has 1 heterocycles. The van der Waals surface area contributed by atoms with Gasteiger partial charge in [0, 0.05) is 18.7 Å². The minimum absolute atomic E-state index is 0.0446. The van der Waals surface area contributed by atoms with E-state index in [4.69, 9.17) is 11.6 Å². The van der Waals surface area contributed by atoms with Crippen LogP contribution in [0.2, 0.25) is 0 Å². The smallest absolute Gasteiger partial charge is 0.228 e. The lowest BCUT2D eigenvalue weighted by Crippen LogP contribution is -2.26. The first-order valence-electron chi connectivity index (χ1n) is 5.66. The molecule has 1 aliphatic rings. The highest BCUT2D eigenvalue weighted by molar-refractivity contribution is 6.24. The number of amides is 1. The molecule has 0 bridgehead atoms. The van der Waals surface area contributed by atoms with Gasteiger partial charge in [0.15, 0.2) is 0 Å². The zero-order valence-corrected chi connectivity index (χ0v) is 10.4. The number of nitrogens with zero attached hydrogens (tertiary/aromatic N) is 1. The van der Waals surface area contributed by atoms with E-state index in [0.29, 0.717) is 13.0 Å². The number of para-hydroxylation sites is 1. The number of aryl methyl sites for hydroxylation is 2. The largest absolute Gasteiger partial charge is 0.310 e. The van der Waals surface area contributed by atoms with Gasteiger partial charge in [-0.1, -0.05) is 25.1 Å². The van der Waals surface area contributed by atoms with E-state index in [1.807, 2.05) is 24.0 Å². The fourth-order valence-corrected chi connectivity index (χ4v) is 2.54. The van der Waals surface area contributed by atoms with Gasteiger partial charge in [-0.25, -0.2) is 0 Å². The Bertz CT molecular complexity index is 416. The Morgan fingerprint density at radius 1 is 1.50 bits per heavy atom. The topological polar surface area (TPSA) is 20.3 Å². The van der Waals surface area contributed by atoms with Crippen LogP contribution in [0.5, 0.6) is 0 Å². The number of alkyl halides is 1. The highest BCUT2D eigenvalue weighted by Crippen LogP contribution is 2.30. The van der Waals surface area contributed by atoms with Gasteiger partial charge in [0.05, 0.1) is 5.38 Å². The summed E-state index contributed by atoms with van der Waals surface area (Å²) in [5.41, 5.74) is 3.44. The number of carbonyl (C=O) groups excluding carboxylic acids is 1. The monoisotopic (exact) mass is 237 g/mol. The lowest BCUT2D eigenvalue weighted by Gasteiger charge is -2.21. The van der Waals surface area contributed by atoms with E-state index in [0.717, 1.165) is 17.7 Å². The van der Waals surface area contributed by atoms with E-state index in [1.54, 1.807) is 0 Å². The molecule has 1 saturated heterocycles. The number of halogens is 1. The van der Waals surface area contributed by atoms with Crippen LogP contribution >= 0.6 is 11.6 Å². The Morgan fingerprint density at radius 3 is 2.81 bits per heavy atom. The SMILES string of the molecule is CCc1cccc(C)c1N1CC(Cl)CC1=O. The quantitative estimate of drug-likeness (QED) is 0.725. The third-order valence-corrected chi connectivity index (χ3v) is 3.34. The average molecular weight is 238 g/mol. The lowest BCUT2D eigenvalue weighted by molar-refractivity contribution is -0.117. The highest BCUT2D eigenvalue weighted by Gasteiger charge is 2.30. The summed E-state index contributed by atoms with van der Waals surface area (Å²) in [6.07, 6.45) is 1.40. The number of benzene rings is 1. The van der Waals surface area contributed by atoms with Gasteiger partial charge in [0.25, 0.3) is 0 Å². The molecule has 0 spiro atoms. The maximum absolute atomic E-state index is 11.8. The second kappa shape index (κ2) is 4.46. The minimum Gasteiger partial charge on any atom is -0.310 e. The van der Waals surface area contributed by atoms with Crippen molar-refractivity contribution in [3.63, 3.8) is 0 Å². The first-order chi connectivity index (χ1) is 7.63. The third kappa shape index (κ3) is 1.94. The fourth-order valence-electron chi connectivity index (χ4n) is 2.27. The summed E-state index contributed by atoms with van der Waals surface area (Å²) in [4.78, 5) is 13.7. The lowest BCUT2D eigenvalue weighted by atomic mass is 10.0. The van der Waals surface area contributed by atoms with E-state index < -0.39 is 0 Å². The molecule has 1 aromatic carbocycles. The summed E-state index contributed by atoms with van der Waals surface area (Å²) in [7, 11) is 0. The van der Waals surface area contributed by atoms with E-state index in [1.165, 1.54) is 5.56 Å². The van der Waals surface area contributed by atoms with Crippen LogP contribution in [0, 0.1) is 6.92 Å². The van der Waals surface area contributed by atoms with Gasteiger partial charge in [-0.2, -0.15) is 0 Å². The molecule has 1 unspecified atom stereocenters. The van der Waals surface area contributed by atoms with E-state index >= 15 is 0 Å². The van der Waals surface area contributed by atoms with Gasteiger partial charge in [-0.15, -0.1) is 11.6 Å². The molecule has 16 heavy (non-hydrogen) atoms. The van der Waals surface area contributed by atoms with Crippen molar-refractivity contribution in [1.82, 2.24) is 0 Å². The van der Waals surface area contributed by atoms with Crippen LogP contribution in [0.4, 0.5) is 5.69 Å². The molecule has 2 nitrogen and oxygen atoms in total. The molecule has 1 aliphatic heterocycles. The molecule has 1 fully saturated rings. The Morgan fingerprint density at radius 2 is 2.25 bits per heavy atom. The number of hydrogen-bond donors (Lipinski definition) is 0. The van der Waals surface area contributed by atoms with Crippen LogP contribution in [-0.4, -0.2) is 17.8 Å². The standard InChI is InChI=1S/C13H16ClNO/c1-3-10-6-4-5-9(2)13(10)15-8-11(14)7-12(15)16/h4-6,11H,3,7-8H2,1-2H3. The molecule has 3 heteroatoms. The molecule has 0 aliphatic carbocycles. The van der Waals surface area contributed by atoms with Gasteiger partial charge >= 0.3 is 0 Å². The molecule has 0 radical (unpaired) electrons. The summed E-state index contributed by atoms with van der Waals surface area (Å²) < 4.78 is 0. The average Bonchev–Trinajstić information content (AvgIpc) is 2.57. The Labute approximate surface area is 101 Å².